The van der Waals surface area contributed by atoms with Gasteiger partial charge in [0, 0.05) is 12.1 Å². The molecular weight excluding hydrogens is 241 g/mol. The molecule has 2 rings (SSSR count). The molecule has 1 N–H and O–H groups in total. The zero-order chi connectivity index (χ0) is 12.3. The Morgan fingerprint density at radius 1 is 1.35 bits per heavy atom. The minimum absolute atomic E-state index is 0.0309. The van der Waals surface area contributed by atoms with Gasteiger partial charge >= 0.3 is 0 Å². The third-order valence-corrected chi connectivity index (χ3v) is 2.89. The van der Waals surface area contributed by atoms with Crippen LogP contribution in [-0.4, -0.2) is 0 Å². The molecule has 0 unspecified atom stereocenters. The Morgan fingerprint density at radius 3 is 2.88 bits per heavy atom. The highest BCUT2D eigenvalue weighted by atomic mass is 35.5. The van der Waals surface area contributed by atoms with Crippen LogP contribution in [0.2, 0.25) is 5.02 Å². The predicted octanol–water partition coefficient (Wildman–Crippen LogP) is 3.92. The van der Waals surface area contributed by atoms with Crippen LogP contribution < -0.4 is 5.32 Å². The predicted molar refractivity (Wildman–Crippen MR) is 65.4 cm³/mol. The monoisotopic (exact) mass is 253 g/mol. The van der Waals surface area contributed by atoms with Gasteiger partial charge in [-0.1, -0.05) is 23.7 Å². The second-order valence-electron chi connectivity index (χ2n) is 3.83. The Hall–Kier alpha value is -1.32. The van der Waals surface area contributed by atoms with Crippen molar-refractivity contribution in [2.45, 2.75) is 19.5 Å². The minimum Gasteiger partial charge on any atom is -0.468 e. The summed E-state index contributed by atoms with van der Waals surface area (Å²) < 4.78 is 18.9. The summed E-state index contributed by atoms with van der Waals surface area (Å²) in [6, 6.07) is 8.72. The van der Waals surface area contributed by atoms with Gasteiger partial charge in [-0.25, -0.2) is 4.39 Å². The van der Waals surface area contributed by atoms with Gasteiger partial charge in [0.05, 0.1) is 17.3 Å². The quantitative estimate of drug-likeness (QED) is 0.893. The molecule has 2 aromatic rings. The molecule has 0 spiro atoms. The molecule has 0 saturated heterocycles. The van der Waals surface area contributed by atoms with Crippen molar-refractivity contribution >= 4 is 11.6 Å². The molecule has 0 aliphatic heterocycles. The molecule has 17 heavy (non-hydrogen) atoms. The van der Waals surface area contributed by atoms with Gasteiger partial charge in [-0.05, 0) is 25.1 Å². The van der Waals surface area contributed by atoms with Crippen LogP contribution in [-0.2, 0) is 6.54 Å². The number of furan rings is 1. The lowest BCUT2D eigenvalue weighted by Gasteiger charge is -2.12. The van der Waals surface area contributed by atoms with Gasteiger partial charge in [0.25, 0.3) is 0 Å². The van der Waals surface area contributed by atoms with Crippen molar-refractivity contribution in [3.05, 3.63) is 58.8 Å². The molecule has 0 aliphatic carbocycles. The molecule has 0 fully saturated rings. The van der Waals surface area contributed by atoms with E-state index in [-0.39, 0.29) is 16.9 Å². The fourth-order valence-corrected chi connectivity index (χ4v) is 1.78. The zero-order valence-electron chi connectivity index (χ0n) is 9.41. The lowest BCUT2D eigenvalue weighted by Crippen LogP contribution is -2.18. The summed E-state index contributed by atoms with van der Waals surface area (Å²) in [6.07, 6.45) is 1.62. The second kappa shape index (κ2) is 5.34. The second-order valence-corrected chi connectivity index (χ2v) is 4.24. The summed E-state index contributed by atoms with van der Waals surface area (Å²) in [4.78, 5) is 0. The van der Waals surface area contributed by atoms with E-state index in [2.05, 4.69) is 5.32 Å². The van der Waals surface area contributed by atoms with Crippen LogP contribution in [0.15, 0.2) is 41.0 Å². The van der Waals surface area contributed by atoms with Crippen molar-refractivity contribution in [2.75, 3.05) is 0 Å². The fourth-order valence-electron chi connectivity index (χ4n) is 1.59. The van der Waals surface area contributed by atoms with Crippen molar-refractivity contribution in [1.29, 1.82) is 0 Å². The minimum atomic E-state index is -0.367. The average Bonchev–Trinajstić information content (AvgIpc) is 2.84. The standard InChI is InChI=1S/C13H13ClFNO/c1-9(12-6-3-7-17-12)16-8-10-4-2-5-11(14)13(10)15/h2-7,9,16H,8H2,1H3/t9-/m0/s1. The number of nitrogens with one attached hydrogen (secondary N) is 1. The zero-order valence-corrected chi connectivity index (χ0v) is 10.2. The topological polar surface area (TPSA) is 25.2 Å². The summed E-state index contributed by atoms with van der Waals surface area (Å²) in [5.41, 5.74) is 0.552. The molecule has 0 aliphatic rings. The van der Waals surface area contributed by atoms with Gasteiger partial charge < -0.3 is 9.73 Å². The molecule has 1 heterocycles. The molecule has 0 bridgehead atoms. The molecule has 1 atom stereocenters. The first-order valence-electron chi connectivity index (χ1n) is 5.38. The largest absolute Gasteiger partial charge is 0.468 e. The molecule has 1 aromatic carbocycles. The molecular formula is C13H13ClFNO. The summed E-state index contributed by atoms with van der Waals surface area (Å²) in [6.45, 7) is 2.37. The number of hydrogen-bond donors (Lipinski definition) is 1. The van der Waals surface area contributed by atoms with E-state index < -0.39 is 0 Å². The van der Waals surface area contributed by atoms with Crippen LogP contribution in [0, 0.1) is 5.82 Å². The van der Waals surface area contributed by atoms with E-state index in [4.69, 9.17) is 16.0 Å². The van der Waals surface area contributed by atoms with Gasteiger partial charge in [0.2, 0.25) is 0 Å². The molecule has 0 saturated carbocycles. The third-order valence-electron chi connectivity index (χ3n) is 2.60. The first-order chi connectivity index (χ1) is 8.18. The number of halogens is 2. The van der Waals surface area contributed by atoms with E-state index in [0.717, 1.165) is 5.76 Å². The van der Waals surface area contributed by atoms with E-state index in [9.17, 15) is 4.39 Å². The Morgan fingerprint density at radius 2 is 2.18 bits per heavy atom. The molecule has 90 valence electrons. The van der Waals surface area contributed by atoms with E-state index in [1.54, 1.807) is 18.4 Å². The van der Waals surface area contributed by atoms with Crippen molar-refractivity contribution in [3.8, 4) is 0 Å². The van der Waals surface area contributed by atoms with Crippen LogP contribution in [0.25, 0.3) is 0 Å². The number of rotatable bonds is 4. The fraction of sp³-hybridized carbons (Fsp3) is 0.231. The SMILES string of the molecule is C[C@H](NCc1cccc(Cl)c1F)c1ccco1. The maximum atomic E-state index is 13.6. The lowest BCUT2D eigenvalue weighted by molar-refractivity contribution is 0.427. The number of benzene rings is 1. The van der Waals surface area contributed by atoms with Gasteiger partial charge in [0.15, 0.2) is 0 Å². The van der Waals surface area contributed by atoms with Gasteiger partial charge in [-0.15, -0.1) is 0 Å². The summed E-state index contributed by atoms with van der Waals surface area (Å²) in [5.74, 6) is 0.459. The van der Waals surface area contributed by atoms with E-state index in [1.807, 2.05) is 19.1 Å². The molecule has 1 aromatic heterocycles. The summed E-state index contributed by atoms with van der Waals surface area (Å²) in [7, 11) is 0. The van der Waals surface area contributed by atoms with E-state index >= 15 is 0 Å². The Kier molecular flexibility index (Phi) is 3.82. The van der Waals surface area contributed by atoms with Gasteiger partial charge in [-0.2, -0.15) is 0 Å². The summed E-state index contributed by atoms with van der Waals surface area (Å²) in [5, 5.41) is 3.33. The van der Waals surface area contributed by atoms with E-state index in [1.165, 1.54) is 6.07 Å². The summed E-state index contributed by atoms with van der Waals surface area (Å²) >= 11 is 5.71. The Balaban J connectivity index is 2.00. The van der Waals surface area contributed by atoms with Crippen LogP contribution in [0.5, 0.6) is 0 Å². The van der Waals surface area contributed by atoms with Crippen molar-refractivity contribution < 1.29 is 8.81 Å². The smallest absolute Gasteiger partial charge is 0.146 e. The number of hydrogen-bond acceptors (Lipinski definition) is 2. The van der Waals surface area contributed by atoms with Crippen molar-refractivity contribution in [3.63, 3.8) is 0 Å². The van der Waals surface area contributed by atoms with Crippen LogP contribution in [0.3, 0.4) is 0 Å². The maximum absolute atomic E-state index is 13.6. The van der Waals surface area contributed by atoms with Crippen LogP contribution in [0.4, 0.5) is 4.39 Å². The molecule has 2 nitrogen and oxygen atoms in total. The van der Waals surface area contributed by atoms with Crippen LogP contribution >= 0.6 is 11.6 Å². The maximum Gasteiger partial charge on any atom is 0.146 e. The highest BCUT2D eigenvalue weighted by Gasteiger charge is 2.10. The van der Waals surface area contributed by atoms with Crippen LogP contribution in [0.1, 0.15) is 24.3 Å². The molecule has 4 heteroatoms. The normalized spacial score (nSPS) is 12.6. The van der Waals surface area contributed by atoms with E-state index in [0.29, 0.717) is 12.1 Å². The molecule has 0 amide bonds. The van der Waals surface area contributed by atoms with Gasteiger partial charge in [0.1, 0.15) is 11.6 Å². The first-order valence-corrected chi connectivity index (χ1v) is 5.76. The van der Waals surface area contributed by atoms with Crippen molar-refractivity contribution in [1.82, 2.24) is 5.32 Å². The first kappa shape index (κ1) is 12.1. The highest BCUT2D eigenvalue weighted by Crippen LogP contribution is 2.19. The Labute approximate surface area is 104 Å². The highest BCUT2D eigenvalue weighted by molar-refractivity contribution is 6.30. The Bertz CT molecular complexity index is 484. The third kappa shape index (κ3) is 2.87. The average molecular weight is 254 g/mol. The lowest BCUT2D eigenvalue weighted by atomic mass is 10.2. The van der Waals surface area contributed by atoms with Gasteiger partial charge in [-0.3, -0.25) is 0 Å². The van der Waals surface area contributed by atoms with Crippen molar-refractivity contribution in [2.24, 2.45) is 0 Å². The molecule has 0 radical (unpaired) electrons.